The molecule has 2 N–H and O–H groups in total. The van der Waals surface area contributed by atoms with Crippen LogP contribution in [0.15, 0.2) is 48.5 Å². The van der Waals surface area contributed by atoms with E-state index in [0.717, 1.165) is 5.56 Å². The highest BCUT2D eigenvalue weighted by molar-refractivity contribution is 6.19. The predicted octanol–water partition coefficient (Wildman–Crippen LogP) is 4.43. The van der Waals surface area contributed by atoms with E-state index in [2.05, 4.69) is 10.6 Å². The number of Topliss-reactive ketones (excluding diaryl/α,β-unsaturated/α-hetero) is 1. The maximum Gasteiger partial charge on any atom is 0.330 e. The zero-order chi connectivity index (χ0) is 31.2. The number of anilines is 2. The summed E-state index contributed by atoms with van der Waals surface area (Å²) in [4.78, 5) is 69.4. The number of nitrogens with one attached hydrogen (secondary N) is 2. The zero-order valence-electron chi connectivity index (χ0n) is 25.2. The molecule has 3 unspecified atom stereocenters. The van der Waals surface area contributed by atoms with Crippen LogP contribution in [0.3, 0.4) is 0 Å². The summed E-state index contributed by atoms with van der Waals surface area (Å²) in [5.74, 6) is -2.53. The van der Waals surface area contributed by atoms with Crippen LogP contribution in [0.25, 0.3) is 0 Å². The van der Waals surface area contributed by atoms with E-state index in [1.165, 1.54) is 18.1 Å². The number of carbonyl (C=O) groups is 5. The number of rotatable bonds is 12. The van der Waals surface area contributed by atoms with Crippen LogP contribution in [0.1, 0.15) is 53.5 Å². The number of benzene rings is 2. The molecule has 226 valence electrons. The van der Waals surface area contributed by atoms with Crippen LogP contribution in [0.2, 0.25) is 0 Å². The lowest BCUT2D eigenvalue weighted by Crippen LogP contribution is -2.55. The Hall–Kier alpha value is -4.25. The Labute approximate surface area is 246 Å². The number of methoxy groups -OCH3 is 1. The van der Waals surface area contributed by atoms with Gasteiger partial charge in [0.2, 0.25) is 12.1 Å². The fraction of sp³-hybridized carbons (Fsp3) is 0.452. The van der Waals surface area contributed by atoms with Crippen LogP contribution >= 0.6 is 0 Å². The van der Waals surface area contributed by atoms with Gasteiger partial charge in [0.25, 0.3) is 11.8 Å². The second kappa shape index (κ2) is 13.6. The minimum atomic E-state index is -1.79. The average molecular weight is 581 g/mol. The number of hydrogen-bond donors (Lipinski definition) is 2. The normalized spacial score (nSPS) is 16.7. The Kier molecular flexibility index (Phi) is 10.5. The second-order valence-corrected chi connectivity index (χ2v) is 11.1. The molecule has 1 saturated heterocycles. The molecule has 11 nitrogen and oxygen atoms in total. The molecule has 2 aromatic rings. The van der Waals surface area contributed by atoms with Crippen molar-refractivity contribution in [3.63, 3.8) is 0 Å². The number of ketones is 1. The van der Waals surface area contributed by atoms with Gasteiger partial charge in [-0.2, -0.15) is 0 Å². The quantitative estimate of drug-likeness (QED) is 0.280. The molecule has 0 radical (unpaired) electrons. The highest BCUT2D eigenvalue weighted by Gasteiger charge is 2.54. The first kappa shape index (κ1) is 32.3. The fourth-order valence-electron chi connectivity index (χ4n) is 4.37. The average Bonchev–Trinajstić information content (AvgIpc) is 3.17. The van der Waals surface area contributed by atoms with Crippen molar-refractivity contribution in [1.29, 1.82) is 0 Å². The molecule has 2 aromatic carbocycles. The SMILES string of the molecule is CCOC1C(=O)N(C(C(=O)Nc2cc(NC(=O)C(C)CC)ccc2OC)C(=O)C(C)(C)C)C(=O)N1Cc1ccccc1. The molecule has 1 aliphatic heterocycles. The lowest BCUT2D eigenvalue weighted by Gasteiger charge is -2.29. The Morgan fingerprint density at radius 1 is 0.976 bits per heavy atom. The van der Waals surface area contributed by atoms with Gasteiger partial charge in [0, 0.05) is 23.6 Å². The van der Waals surface area contributed by atoms with E-state index >= 15 is 0 Å². The van der Waals surface area contributed by atoms with Crippen molar-refractivity contribution >= 4 is 40.9 Å². The van der Waals surface area contributed by atoms with E-state index in [-0.39, 0.29) is 36.4 Å². The zero-order valence-corrected chi connectivity index (χ0v) is 25.2. The highest BCUT2D eigenvalue weighted by atomic mass is 16.5. The molecule has 0 spiro atoms. The molecule has 0 aliphatic carbocycles. The molecule has 1 aliphatic rings. The predicted molar refractivity (Wildman–Crippen MR) is 158 cm³/mol. The highest BCUT2D eigenvalue weighted by Crippen LogP contribution is 2.32. The minimum absolute atomic E-state index is 0.0381. The van der Waals surface area contributed by atoms with E-state index in [4.69, 9.17) is 9.47 Å². The summed E-state index contributed by atoms with van der Waals surface area (Å²) >= 11 is 0. The van der Waals surface area contributed by atoms with Crippen LogP contribution in [0, 0.1) is 11.3 Å². The van der Waals surface area contributed by atoms with Gasteiger partial charge in [-0.1, -0.05) is 65.0 Å². The smallest absolute Gasteiger partial charge is 0.330 e. The van der Waals surface area contributed by atoms with E-state index in [1.54, 1.807) is 71.0 Å². The minimum Gasteiger partial charge on any atom is -0.495 e. The summed E-state index contributed by atoms with van der Waals surface area (Å²) in [5.41, 5.74) is 0.202. The maximum atomic E-state index is 13.9. The Morgan fingerprint density at radius 3 is 2.21 bits per heavy atom. The van der Waals surface area contributed by atoms with Crippen molar-refractivity contribution in [3.05, 3.63) is 54.1 Å². The van der Waals surface area contributed by atoms with Gasteiger partial charge in [-0.25, -0.2) is 9.69 Å². The number of nitrogens with zero attached hydrogens (tertiary/aromatic N) is 2. The Balaban J connectivity index is 2.00. The first-order valence-electron chi connectivity index (χ1n) is 14.0. The van der Waals surface area contributed by atoms with Crippen molar-refractivity contribution in [3.8, 4) is 5.75 Å². The number of urea groups is 1. The number of ether oxygens (including phenoxy) is 2. The van der Waals surface area contributed by atoms with Crippen molar-refractivity contribution in [1.82, 2.24) is 9.80 Å². The molecule has 3 atom stereocenters. The van der Waals surface area contributed by atoms with Crippen molar-refractivity contribution in [2.45, 2.75) is 66.8 Å². The third-order valence-electron chi connectivity index (χ3n) is 6.98. The van der Waals surface area contributed by atoms with Crippen molar-refractivity contribution < 1.29 is 33.4 Å². The van der Waals surface area contributed by atoms with E-state index < -0.39 is 41.3 Å². The van der Waals surface area contributed by atoms with Gasteiger partial charge in [-0.15, -0.1) is 0 Å². The third-order valence-corrected chi connectivity index (χ3v) is 6.98. The van der Waals surface area contributed by atoms with Crippen LogP contribution in [-0.4, -0.2) is 65.3 Å². The second-order valence-electron chi connectivity index (χ2n) is 11.1. The largest absolute Gasteiger partial charge is 0.495 e. The van der Waals surface area contributed by atoms with Gasteiger partial charge in [0.15, 0.2) is 11.8 Å². The van der Waals surface area contributed by atoms with Gasteiger partial charge in [-0.3, -0.25) is 24.1 Å². The maximum absolute atomic E-state index is 13.9. The molecular weight excluding hydrogens is 540 g/mol. The monoisotopic (exact) mass is 580 g/mol. The van der Waals surface area contributed by atoms with Gasteiger partial charge >= 0.3 is 6.03 Å². The number of amides is 5. The van der Waals surface area contributed by atoms with Gasteiger partial charge in [-0.05, 0) is 37.1 Å². The standard InChI is InChI=1S/C31H40N4O7/c1-8-19(3)26(37)32-21-15-16-23(41-7)22(17-21)33-27(38)24(25(36)31(4,5)6)35-28(39)29(42-9-2)34(30(35)40)18-20-13-11-10-12-14-20/h10-17,19,24,29H,8-9,18H2,1-7H3,(H,32,37)(H,33,38). The molecular formula is C31H40N4O7. The summed E-state index contributed by atoms with van der Waals surface area (Å²) in [7, 11) is 1.40. The van der Waals surface area contributed by atoms with Gasteiger partial charge in [0.05, 0.1) is 19.3 Å². The molecule has 0 bridgehead atoms. The van der Waals surface area contributed by atoms with Crippen LogP contribution in [0.4, 0.5) is 16.2 Å². The molecule has 1 heterocycles. The van der Waals surface area contributed by atoms with Crippen LogP contribution in [-0.2, 0) is 30.5 Å². The summed E-state index contributed by atoms with van der Waals surface area (Å²) in [6.07, 6.45) is -0.663. The number of hydrogen-bond acceptors (Lipinski definition) is 7. The van der Waals surface area contributed by atoms with Crippen LogP contribution in [0.5, 0.6) is 5.75 Å². The Bertz CT molecular complexity index is 1320. The fourth-order valence-corrected chi connectivity index (χ4v) is 4.37. The lowest BCUT2D eigenvalue weighted by molar-refractivity contribution is -0.149. The van der Waals surface area contributed by atoms with E-state index in [1.807, 2.05) is 13.0 Å². The third kappa shape index (κ3) is 7.14. The van der Waals surface area contributed by atoms with Crippen molar-refractivity contribution in [2.24, 2.45) is 11.3 Å². The Morgan fingerprint density at radius 2 is 1.64 bits per heavy atom. The molecule has 0 aromatic heterocycles. The molecule has 5 amide bonds. The first-order chi connectivity index (χ1) is 19.8. The molecule has 1 fully saturated rings. The summed E-state index contributed by atoms with van der Waals surface area (Å²) in [6, 6.07) is 11.1. The molecule has 42 heavy (non-hydrogen) atoms. The van der Waals surface area contributed by atoms with E-state index in [0.29, 0.717) is 17.0 Å². The van der Waals surface area contributed by atoms with Gasteiger partial charge < -0.3 is 20.1 Å². The molecule has 11 heteroatoms. The molecule has 0 saturated carbocycles. The summed E-state index contributed by atoms with van der Waals surface area (Å²) in [6.45, 7) is 10.4. The van der Waals surface area contributed by atoms with Gasteiger partial charge in [0.1, 0.15) is 5.75 Å². The van der Waals surface area contributed by atoms with E-state index in [9.17, 15) is 24.0 Å². The van der Waals surface area contributed by atoms with Crippen molar-refractivity contribution in [2.75, 3.05) is 24.4 Å². The first-order valence-corrected chi connectivity index (χ1v) is 14.0. The number of carbonyl (C=O) groups excluding carboxylic acids is 5. The summed E-state index contributed by atoms with van der Waals surface area (Å²) in [5, 5.41) is 5.46. The van der Waals surface area contributed by atoms with Crippen LogP contribution < -0.4 is 15.4 Å². The number of imide groups is 1. The summed E-state index contributed by atoms with van der Waals surface area (Å²) < 4.78 is 11.0. The lowest BCUT2D eigenvalue weighted by atomic mass is 9.85. The molecule has 3 rings (SSSR count). The topological polar surface area (TPSA) is 134 Å².